The van der Waals surface area contributed by atoms with Gasteiger partial charge in [-0.3, -0.25) is 28.8 Å². The first-order chi connectivity index (χ1) is 19.1. The van der Waals surface area contributed by atoms with Crippen molar-refractivity contribution in [1.29, 1.82) is 0 Å². The predicted molar refractivity (Wildman–Crippen MR) is 158 cm³/mol. The third kappa shape index (κ3) is 17.4. The molecule has 0 amide bonds. The smallest absolute Gasteiger partial charge is 0.317 e. The average Bonchev–Trinajstić information content (AvgIpc) is 3.29. The van der Waals surface area contributed by atoms with E-state index >= 15 is 0 Å². The molecule has 3 rings (SSSR count). The molecule has 3 fully saturated rings. The summed E-state index contributed by atoms with van der Waals surface area (Å²) in [5.41, 5.74) is 0.845. The van der Waals surface area contributed by atoms with Gasteiger partial charge in [0.15, 0.2) is 0 Å². The maximum absolute atomic E-state index is 11.1. The van der Waals surface area contributed by atoms with Crippen molar-refractivity contribution in [3.8, 4) is 0 Å². The first kappa shape index (κ1) is 37.4. The van der Waals surface area contributed by atoms with Crippen LogP contribution in [0.2, 0.25) is 0 Å². The SMILES string of the molecule is CC(C)(C)CCC1CC(=O)OC1=O.CC(C)(C)CCCC1CC(=O)OC(=O)C1.CC(C)(C)CCCC1CC(=O)OC1=O. The van der Waals surface area contributed by atoms with Gasteiger partial charge in [-0.25, -0.2) is 0 Å². The number of ether oxygens (including phenoxy) is 3. The minimum absolute atomic E-state index is 0.176. The molecule has 2 atom stereocenters. The monoisotopic (exact) mass is 594 g/mol. The second kappa shape index (κ2) is 16.3. The van der Waals surface area contributed by atoms with E-state index in [4.69, 9.17) is 0 Å². The summed E-state index contributed by atoms with van der Waals surface area (Å²) in [6, 6.07) is 0. The molecule has 240 valence electrons. The molecule has 0 bridgehead atoms. The number of carbonyl (C=O) groups is 6. The first-order valence-electron chi connectivity index (χ1n) is 15.4. The molecule has 0 saturated carbocycles. The summed E-state index contributed by atoms with van der Waals surface area (Å²) < 4.78 is 13.4. The molecule has 0 aliphatic carbocycles. The van der Waals surface area contributed by atoms with Crippen molar-refractivity contribution in [2.24, 2.45) is 34.0 Å². The summed E-state index contributed by atoms with van der Waals surface area (Å²) in [6.07, 6.45) is 9.08. The second-order valence-electron chi connectivity index (χ2n) is 15.5. The summed E-state index contributed by atoms with van der Waals surface area (Å²) in [5.74, 6) is -2.27. The van der Waals surface area contributed by atoms with Gasteiger partial charge in [0.1, 0.15) is 0 Å². The van der Waals surface area contributed by atoms with E-state index in [-0.39, 0.29) is 71.8 Å². The zero-order valence-electron chi connectivity index (χ0n) is 27.4. The van der Waals surface area contributed by atoms with Crippen molar-refractivity contribution in [3.05, 3.63) is 0 Å². The number of cyclic esters (lactones) is 6. The highest BCUT2D eigenvalue weighted by atomic mass is 16.6. The molecule has 0 spiro atoms. The lowest BCUT2D eigenvalue weighted by molar-refractivity contribution is -0.166. The Morgan fingerprint density at radius 3 is 1.19 bits per heavy atom. The van der Waals surface area contributed by atoms with Crippen molar-refractivity contribution < 1.29 is 43.0 Å². The zero-order valence-corrected chi connectivity index (χ0v) is 27.4. The van der Waals surface area contributed by atoms with E-state index in [1.54, 1.807) is 0 Å². The fourth-order valence-corrected chi connectivity index (χ4v) is 4.85. The normalized spacial score (nSPS) is 21.6. The van der Waals surface area contributed by atoms with Crippen molar-refractivity contribution in [1.82, 2.24) is 0 Å². The van der Waals surface area contributed by atoms with Crippen LogP contribution in [0.15, 0.2) is 0 Å². The van der Waals surface area contributed by atoms with Crippen LogP contribution < -0.4 is 0 Å². The highest BCUT2D eigenvalue weighted by Gasteiger charge is 2.34. The molecule has 2 unspecified atom stereocenters. The highest BCUT2D eigenvalue weighted by molar-refractivity contribution is 5.95. The van der Waals surface area contributed by atoms with E-state index in [9.17, 15) is 28.8 Å². The molecule has 0 aromatic heterocycles. The molecular weight excluding hydrogens is 540 g/mol. The number of hydrogen-bond donors (Lipinski definition) is 0. The van der Waals surface area contributed by atoms with E-state index in [1.807, 2.05) is 0 Å². The standard InChI is InChI=1S/C12H20O3.C11H18O3.C10H16O3/c1-12(2,3)6-4-5-9-7-10(13)15-11(14)8-9;1-11(2,3)6-4-5-8-7-9(12)14-10(8)13;1-10(2,3)5-4-7-6-8(11)13-9(7)12/h9H,4-8H2,1-3H3;8H,4-7H2,1-3H3;7H,4-6H2,1-3H3. The van der Waals surface area contributed by atoms with Crippen molar-refractivity contribution >= 4 is 35.8 Å². The molecule has 0 aromatic rings. The van der Waals surface area contributed by atoms with Crippen LogP contribution in [0.25, 0.3) is 0 Å². The van der Waals surface area contributed by atoms with E-state index in [2.05, 4.69) is 76.5 Å². The molecular formula is C33H54O9. The van der Waals surface area contributed by atoms with Crippen LogP contribution in [0.1, 0.15) is 139 Å². The van der Waals surface area contributed by atoms with Gasteiger partial charge < -0.3 is 14.2 Å². The van der Waals surface area contributed by atoms with Gasteiger partial charge >= 0.3 is 35.8 Å². The lowest BCUT2D eigenvalue weighted by Crippen LogP contribution is -2.25. The molecule has 3 aliphatic heterocycles. The number of hydrogen-bond acceptors (Lipinski definition) is 9. The molecule has 3 heterocycles. The van der Waals surface area contributed by atoms with Gasteiger partial charge in [-0.1, -0.05) is 75.2 Å². The molecule has 3 saturated heterocycles. The Kier molecular flexibility index (Phi) is 14.5. The molecule has 42 heavy (non-hydrogen) atoms. The Hall–Kier alpha value is -2.58. The minimum atomic E-state index is -0.371. The van der Waals surface area contributed by atoms with Crippen LogP contribution in [0.5, 0.6) is 0 Å². The summed E-state index contributed by atoms with van der Waals surface area (Å²) in [6.45, 7) is 19.5. The third-order valence-corrected chi connectivity index (χ3v) is 7.32. The van der Waals surface area contributed by atoms with Gasteiger partial charge in [0.05, 0.1) is 24.7 Å². The summed E-state index contributed by atoms with van der Waals surface area (Å²) in [7, 11) is 0. The molecule has 0 radical (unpaired) electrons. The van der Waals surface area contributed by atoms with Crippen molar-refractivity contribution in [3.63, 3.8) is 0 Å². The predicted octanol–water partition coefficient (Wildman–Crippen LogP) is 6.88. The number of rotatable bonds is 8. The lowest BCUT2D eigenvalue weighted by atomic mass is 9.86. The van der Waals surface area contributed by atoms with E-state index in [0.29, 0.717) is 23.7 Å². The first-order valence-corrected chi connectivity index (χ1v) is 15.4. The lowest BCUT2D eigenvalue weighted by Gasteiger charge is -2.22. The van der Waals surface area contributed by atoms with Crippen LogP contribution in [0.4, 0.5) is 0 Å². The highest BCUT2D eigenvalue weighted by Crippen LogP contribution is 2.29. The third-order valence-electron chi connectivity index (χ3n) is 7.32. The molecule has 0 aromatic carbocycles. The Bertz CT molecular complexity index is 943. The van der Waals surface area contributed by atoms with E-state index < -0.39 is 0 Å². The summed E-state index contributed by atoms with van der Waals surface area (Å²) in [5, 5.41) is 0. The fourth-order valence-electron chi connectivity index (χ4n) is 4.85. The van der Waals surface area contributed by atoms with Gasteiger partial charge in [0.2, 0.25) is 0 Å². The Labute approximate surface area is 252 Å². The molecule has 0 N–H and O–H groups in total. The van der Waals surface area contributed by atoms with Crippen LogP contribution in [0.3, 0.4) is 0 Å². The maximum atomic E-state index is 11.1. The second-order valence-corrected chi connectivity index (χ2v) is 15.5. The van der Waals surface area contributed by atoms with E-state index in [0.717, 1.165) is 51.4 Å². The maximum Gasteiger partial charge on any atom is 0.317 e. The topological polar surface area (TPSA) is 130 Å². The Morgan fingerprint density at radius 1 is 0.476 bits per heavy atom. The fraction of sp³-hybridized carbons (Fsp3) is 0.818. The van der Waals surface area contributed by atoms with E-state index in [1.165, 1.54) is 0 Å². The van der Waals surface area contributed by atoms with Crippen LogP contribution in [-0.4, -0.2) is 35.8 Å². The summed E-state index contributed by atoms with van der Waals surface area (Å²) in [4.78, 5) is 65.7. The summed E-state index contributed by atoms with van der Waals surface area (Å²) >= 11 is 0. The quantitative estimate of drug-likeness (QED) is 0.168. The molecule has 3 aliphatic rings. The largest absolute Gasteiger partial charge is 0.393 e. The number of carbonyl (C=O) groups excluding carboxylic acids is 6. The van der Waals surface area contributed by atoms with Crippen LogP contribution >= 0.6 is 0 Å². The molecule has 9 heteroatoms. The van der Waals surface area contributed by atoms with Gasteiger partial charge in [-0.15, -0.1) is 0 Å². The van der Waals surface area contributed by atoms with Crippen molar-refractivity contribution in [2.45, 2.75) is 139 Å². The van der Waals surface area contributed by atoms with Crippen molar-refractivity contribution in [2.75, 3.05) is 0 Å². The van der Waals surface area contributed by atoms with Gasteiger partial charge in [0.25, 0.3) is 0 Å². The van der Waals surface area contributed by atoms with Gasteiger partial charge in [-0.2, -0.15) is 0 Å². The van der Waals surface area contributed by atoms with Crippen LogP contribution in [0, 0.1) is 34.0 Å². The minimum Gasteiger partial charge on any atom is -0.393 e. The Balaban J connectivity index is 0.000000316. The van der Waals surface area contributed by atoms with Crippen LogP contribution in [-0.2, 0) is 43.0 Å². The molecule has 9 nitrogen and oxygen atoms in total. The average molecular weight is 595 g/mol. The number of esters is 6. The van der Waals surface area contributed by atoms with Gasteiger partial charge in [-0.05, 0) is 60.7 Å². The van der Waals surface area contributed by atoms with Gasteiger partial charge in [0, 0.05) is 12.8 Å². The zero-order chi connectivity index (χ0) is 32.3. The Morgan fingerprint density at radius 2 is 0.833 bits per heavy atom.